The summed E-state index contributed by atoms with van der Waals surface area (Å²) >= 11 is 4.96. The summed E-state index contributed by atoms with van der Waals surface area (Å²) in [5, 5.41) is 14.9. The van der Waals surface area contributed by atoms with Gasteiger partial charge in [0.1, 0.15) is 11.1 Å². The van der Waals surface area contributed by atoms with Gasteiger partial charge in [-0.25, -0.2) is 4.98 Å². The van der Waals surface area contributed by atoms with Gasteiger partial charge in [0.2, 0.25) is 0 Å². The number of benzene rings is 1. The van der Waals surface area contributed by atoms with E-state index in [0.29, 0.717) is 5.56 Å². The molecule has 0 aliphatic heterocycles. The number of thioether (sulfide) groups is 1. The maximum Gasteiger partial charge on any atom is 0.116 e. The molecule has 150 valence electrons. The van der Waals surface area contributed by atoms with Crippen molar-refractivity contribution in [3.8, 4) is 27.1 Å². The van der Waals surface area contributed by atoms with E-state index in [1.807, 2.05) is 17.5 Å². The first-order valence-electron chi connectivity index (χ1n) is 9.71. The van der Waals surface area contributed by atoms with E-state index >= 15 is 0 Å². The molecule has 0 saturated heterocycles. The van der Waals surface area contributed by atoms with Gasteiger partial charge in [-0.1, -0.05) is 57.2 Å². The first kappa shape index (κ1) is 20.9. The first-order chi connectivity index (χ1) is 14.5. The average molecular weight is 447 g/mol. The van der Waals surface area contributed by atoms with E-state index in [9.17, 15) is 5.26 Å². The van der Waals surface area contributed by atoms with Gasteiger partial charge >= 0.3 is 0 Å². The van der Waals surface area contributed by atoms with Crippen LogP contribution in [0.3, 0.4) is 0 Å². The maximum absolute atomic E-state index is 9.95. The average Bonchev–Trinajstić information content (AvgIpc) is 3.45. The molecule has 3 heterocycles. The number of pyridine rings is 1. The number of aromatic nitrogens is 1. The Kier molecular flexibility index (Phi) is 6.10. The second-order valence-electron chi connectivity index (χ2n) is 8.04. The van der Waals surface area contributed by atoms with Crippen LogP contribution in [0.15, 0.2) is 70.4 Å². The van der Waals surface area contributed by atoms with Gasteiger partial charge in [0.25, 0.3) is 0 Å². The van der Waals surface area contributed by atoms with Gasteiger partial charge in [-0.3, -0.25) is 0 Å². The molecule has 5 heteroatoms. The lowest BCUT2D eigenvalue weighted by Gasteiger charge is -2.19. The summed E-state index contributed by atoms with van der Waals surface area (Å²) in [6.45, 7) is 6.67. The normalized spacial score (nSPS) is 11.4. The molecule has 0 amide bonds. The van der Waals surface area contributed by atoms with Crippen LogP contribution in [-0.2, 0) is 11.2 Å². The highest BCUT2D eigenvalue weighted by molar-refractivity contribution is 7.98. The molecule has 0 fully saturated rings. The number of rotatable bonds is 5. The highest BCUT2D eigenvalue weighted by atomic mass is 32.2. The Bertz CT molecular complexity index is 1160. The van der Waals surface area contributed by atoms with Crippen LogP contribution in [0.4, 0.5) is 0 Å². The third-order valence-electron chi connectivity index (χ3n) is 4.85. The van der Waals surface area contributed by atoms with E-state index in [1.165, 1.54) is 11.1 Å². The van der Waals surface area contributed by atoms with Gasteiger partial charge in [-0.2, -0.15) is 5.26 Å². The second-order valence-corrected chi connectivity index (χ2v) is 10.9. The van der Waals surface area contributed by atoms with Crippen LogP contribution in [0, 0.1) is 11.3 Å². The molecule has 0 radical (unpaired) electrons. The zero-order valence-corrected chi connectivity index (χ0v) is 19.6. The third-order valence-corrected chi connectivity index (χ3v) is 7.70. The van der Waals surface area contributed by atoms with Gasteiger partial charge in [0, 0.05) is 16.2 Å². The Hall–Kier alpha value is -2.39. The topological polar surface area (TPSA) is 36.7 Å². The van der Waals surface area contributed by atoms with Crippen molar-refractivity contribution in [2.75, 3.05) is 0 Å². The molecule has 3 aromatic heterocycles. The summed E-state index contributed by atoms with van der Waals surface area (Å²) in [4.78, 5) is 7.10. The maximum atomic E-state index is 9.95. The largest absolute Gasteiger partial charge is 0.239 e. The quantitative estimate of drug-likeness (QED) is 0.291. The number of hydrogen-bond acceptors (Lipinski definition) is 5. The molecule has 4 rings (SSSR count). The lowest BCUT2D eigenvalue weighted by atomic mass is 9.87. The highest BCUT2D eigenvalue weighted by Crippen LogP contribution is 2.38. The van der Waals surface area contributed by atoms with E-state index in [2.05, 4.69) is 74.7 Å². The molecule has 0 unspecified atom stereocenters. The fourth-order valence-electron chi connectivity index (χ4n) is 3.16. The van der Waals surface area contributed by atoms with Crippen molar-refractivity contribution in [3.05, 3.63) is 82.0 Å². The molecular weight excluding hydrogens is 424 g/mol. The zero-order chi connectivity index (χ0) is 21.1. The Labute approximate surface area is 190 Å². The Morgan fingerprint density at radius 2 is 1.63 bits per heavy atom. The molecule has 0 saturated carbocycles. The smallest absolute Gasteiger partial charge is 0.116 e. The molecule has 0 bridgehead atoms. The predicted octanol–water partition coefficient (Wildman–Crippen LogP) is 8.00. The van der Waals surface area contributed by atoms with E-state index in [0.717, 1.165) is 31.8 Å². The van der Waals surface area contributed by atoms with Crippen LogP contribution in [-0.4, -0.2) is 4.98 Å². The molecular formula is C25H22N2S3. The number of hydrogen-bond donors (Lipinski definition) is 0. The van der Waals surface area contributed by atoms with Gasteiger partial charge in [0.15, 0.2) is 0 Å². The van der Waals surface area contributed by atoms with E-state index in [4.69, 9.17) is 4.98 Å². The minimum Gasteiger partial charge on any atom is -0.239 e. The summed E-state index contributed by atoms with van der Waals surface area (Å²) in [5.74, 6) is 0.782. The van der Waals surface area contributed by atoms with Crippen molar-refractivity contribution < 1.29 is 0 Å². The van der Waals surface area contributed by atoms with Crippen LogP contribution in [0.25, 0.3) is 21.0 Å². The Morgan fingerprint density at radius 3 is 2.20 bits per heavy atom. The fourth-order valence-corrected chi connectivity index (χ4v) is 5.56. The SMILES string of the molecule is CC(C)(C)c1ccc(CSc2nc(-c3cccs3)cc(-c3cccs3)c2C#N)cc1. The number of nitriles is 1. The summed E-state index contributed by atoms with van der Waals surface area (Å²) in [5.41, 5.74) is 5.26. The van der Waals surface area contributed by atoms with Crippen LogP contribution in [0.5, 0.6) is 0 Å². The second kappa shape index (κ2) is 8.77. The summed E-state index contributed by atoms with van der Waals surface area (Å²) in [7, 11) is 0. The van der Waals surface area contributed by atoms with E-state index in [1.54, 1.807) is 34.4 Å². The van der Waals surface area contributed by atoms with Crippen LogP contribution in [0.2, 0.25) is 0 Å². The van der Waals surface area contributed by atoms with Crippen LogP contribution in [0.1, 0.15) is 37.5 Å². The lowest BCUT2D eigenvalue weighted by molar-refractivity contribution is 0.590. The monoisotopic (exact) mass is 446 g/mol. The Balaban J connectivity index is 1.69. The standard InChI is InChI=1S/C25H22N2S3/c1-25(2,3)18-10-8-17(9-11-18)16-30-24-20(15-26)19(22-6-4-12-28-22)14-21(27-24)23-7-5-13-29-23/h4-14H,16H2,1-3H3. The first-order valence-corrected chi connectivity index (χ1v) is 12.5. The van der Waals surface area contributed by atoms with Gasteiger partial charge < -0.3 is 0 Å². The van der Waals surface area contributed by atoms with Crippen molar-refractivity contribution in [1.29, 1.82) is 5.26 Å². The number of thiophene rings is 2. The molecule has 0 atom stereocenters. The van der Waals surface area contributed by atoms with Crippen molar-refractivity contribution in [3.63, 3.8) is 0 Å². The molecule has 4 aromatic rings. The molecule has 0 aliphatic rings. The van der Waals surface area contributed by atoms with Crippen molar-refractivity contribution in [2.45, 2.75) is 37.0 Å². The molecule has 1 aromatic carbocycles. The minimum absolute atomic E-state index is 0.145. The summed E-state index contributed by atoms with van der Waals surface area (Å²) in [6, 6.07) is 21.5. The van der Waals surface area contributed by atoms with Crippen molar-refractivity contribution in [2.24, 2.45) is 0 Å². The molecule has 0 N–H and O–H groups in total. The zero-order valence-electron chi connectivity index (χ0n) is 17.2. The van der Waals surface area contributed by atoms with Gasteiger partial charge in [-0.15, -0.1) is 34.4 Å². The lowest BCUT2D eigenvalue weighted by Crippen LogP contribution is -2.10. The number of nitrogens with zero attached hydrogens (tertiary/aromatic N) is 2. The predicted molar refractivity (Wildman–Crippen MR) is 130 cm³/mol. The van der Waals surface area contributed by atoms with Crippen molar-refractivity contribution in [1.82, 2.24) is 4.98 Å². The van der Waals surface area contributed by atoms with E-state index in [-0.39, 0.29) is 5.41 Å². The highest BCUT2D eigenvalue weighted by Gasteiger charge is 2.17. The third kappa shape index (κ3) is 4.52. The van der Waals surface area contributed by atoms with Crippen LogP contribution >= 0.6 is 34.4 Å². The molecule has 0 spiro atoms. The van der Waals surface area contributed by atoms with Gasteiger partial charge in [-0.05, 0) is 45.5 Å². The van der Waals surface area contributed by atoms with Crippen LogP contribution < -0.4 is 0 Å². The van der Waals surface area contributed by atoms with Gasteiger partial charge in [0.05, 0.1) is 16.1 Å². The summed E-state index contributed by atoms with van der Waals surface area (Å²) < 4.78 is 0. The van der Waals surface area contributed by atoms with Crippen molar-refractivity contribution >= 4 is 34.4 Å². The molecule has 0 aliphatic carbocycles. The molecule has 2 nitrogen and oxygen atoms in total. The Morgan fingerprint density at radius 1 is 0.967 bits per heavy atom. The minimum atomic E-state index is 0.145. The molecule has 30 heavy (non-hydrogen) atoms. The fraction of sp³-hybridized carbons (Fsp3) is 0.200. The van der Waals surface area contributed by atoms with E-state index < -0.39 is 0 Å². The summed E-state index contributed by atoms with van der Waals surface area (Å²) in [6.07, 6.45) is 0.